The normalized spacial score (nSPS) is 15.6. The summed E-state index contributed by atoms with van der Waals surface area (Å²) in [5.74, 6) is 0.193. The van der Waals surface area contributed by atoms with Crippen LogP contribution in [0.2, 0.25) is 0 Å². The Hall–Kier alpha value is -1.62. The maximum atomic E-state index is 11.4. The molecule has 1 aromatic carbocycles. The summed E-state index contributed by atoms with van der Waals surface area (Å²) in [7, 11) is 0. The number of carbonyl (C=O) groups is 1. The number of thiocarbonyl (C=S) groups is 1. The highest BCUT2D eigenvalue weighted by Crippen LogP contribution is 2.28. The number of nitrogens with one attached hydrogen (secondary N) is 3. The first kappa shape index (κ1) is 12.8. The number of rotatable bonds is 3. The van der Waals surface area contributed by atoms with Crippen molar-refractivity contribution in [1.82, 2.24) is 16.2 Å². The Morgan fingerprint density at radius 1 is 1.28 bits per heavy atom. The molecule has 0 aromatic heterocycles. The van der Waals surface area contributed by atoms with Crippen LogP contribution in [0.15, 0.2) is 30.3 Å². The average molecular weight is 263 g/mol. The van der Waals surface area contributed by atoms with Gasteiger partial charge in [0.05, 0.1) is 6.04 Å². The van der Waals surface area contributed by atoms with Crippen molar-refractivity contribution in [3.05, 3.63) is 35.9 Å². The molecule has 0 heterocycles. The van der Waals surface area contributed by atoms with Gasteiger partial charge in [0, 0.05) is 5.92 Å². The molecule has 0 aliphatic heterocycles. The van der Waals surface area contributed by atoms with Gasteiger partial charge in [-0.25, -0.2) is 0 Å². The van der Waals surface area contributed by atoms with Crippen molar-refractivity contribution in [3.63, 3.8) is 0 Å². The molecule has 96 valence electrons. The smallest absolute Gasteiger partial charge is 0.241 e. The molecule has 1 atom stereocenters. The minimum Gasteiger partial charge on any atom is -0.355 e. The predicted octanol–water partition coefficient (Wildman–Crippen LogP) is 1.65. The van der Waals surface area contributed by atoms with E-state index in [0.29, 0.717) is 5.11 Å². The first-order valence-electron chi connectivity index (χ1n) is 6.08. The van der Waals surface area contributed by atoms with Gasteiger partial charge >= 0.3 is 0 Å². The highest BCUT2D eigenvalue weighted by Gasteiger charge is 2.29. The largest absolute Gasteiger partial charge is 0.355 e. The molecule has 2 rings (SSSR count). The van der Waals surface area contributed by atoms with E-state index in [-0.39, 0.29) is 17.9 Å². The molecule has 1 aliphatic rings. The summed E-state index contributed by atoms with van der Waals surface area (Å²) in [6.45, 7) is 2.02. The van der Waals surface area contributed by atoms with Crippen molar-refractivity contribution in [2.45, 2.75) is 25.8 Å². The number of benzene rings is 1. The van der Waals surface area contributed by atoms with Crippen LogP contribution in [0.3, 0.4) is 0 Å². The number of hydrogen-bond acceptors (Lipinski definition) is 2. The predicted molar refractivity (Wildman–Crippen MR) is 74.6 cm³/mol. The second-order valence-electron chi connectivity index (χ2n) is 4.49. The number of hydrogen-bond donors (Lipinski definition) is 3. The van der Waals surface area contributed by atoms with Crippen molar-refractivity contribution < 1.29 is 4.79 Å². The molecule has 1 aromatic rings. The molecule has 0 unspecified atom stereocenters. The van der Waals surface area contributed by atoms with E-state index in [0.717, 1.165) is 18.4 Å². The molecule has 1 saturated carbocycles. The molecule has 1 fully saturated rings. The molecule has 3 N–H and O–H groups in total. The van der Waals surface area contributed by atoms with Gasteiger partial charge < -0.3 is 5.32 Å². The minimum absolute atomic E-state index is 0.0199. The third-order valence-corrected chi connectivity index (χ3v) is 3.11. The molecule has 5 heteroatoms. The second-order valence-corrected chi connectivity index (χ2v) is 4.90. The minimum atomic E-state index is 0.0199. The Morgan fingerprint density at radius 3 is 2.56 bits per heavy atom. The summed E-state index contributed by atoms with van der Waals surface area (Å²) in [4.78, 5) is 11.4. The molecule has 0 spiro atoms. The molecular formula is C13H17N3OS. The second kappa shape index (κ2) is 5.82. The lowest BCUT2D eigenvalue weighted by Gasteiger charge is -2.17. The summed E-state index contributed by atoms with van der Waals surface area (Å²) in [6.07, 6.45) is 1.96. The van der Waals surface area contributed by atoms with Gasteiger partial charge in [-0.1, -0.05) is 30.3 Å². The van der Waals surface area contributed by atoms with Gasteiger partial charge in [-0.05, 0) is 37.5 Å². The first-order chi connectivity index (χ1) is 8.66. The van der Waals surface area contributed by atoms with Crippen LogP contribution in [0.25, 0.3) is 0 Å². The molecule has 0 bridgehead atoms. The van der Waals surface area contributed by atoms with E-state index in [1.165, 1.54) is 0 Å². The van der Waals surface area contributed by atoms with Crippen LogP contribution in [0.5, 0.6) is 0 Å². The maximum absolute atomic E-state index is 11.4. The summed E-state index contributed by atoms with van der Waals surface area (Å²) >= 11 is 5.12. The zero-order valence-electron chi connectivity index (χ0n) is 10.3. The SMILES string of the molecule is C[C@@H](NC(=S)NNC(=O)C1CC1)c1ccccc1. The van der Waals surface area contributed by atoms with Crippen LogP contribution in [0.1, 0.15) is 31.4 Å². The van der Waals surface area contributed by atoms with Gasteiger partial charge in [-0.15, -0.1) is 0 Å². The van der Waals surface area contributed by atoms with Crippen LogP contribution in [0.4, 0.5) is 0 Å². The third kappa shape index (κ3) is 3.70. The number of amides is 1. The molecule has 0 radical (unpaired) electrons. The average Bonchev–Trinajstić information content (AvgIpc) is 3.21. The Morgan fingerprint density at radius 2 is 1.94 bits per heavy atom. The van der Waals surface area contributed by atoms with Gasteiger partial charge in [-0.2, -0.15) is 0 Å². The lowest BCUT2D eigenvalue weighted by molar-refractivity contribution is -0.122. The Labute approximate surface area is 112 Å². The molecule has 4 nitrogen and oxygen atoms in total. The fourth-order valence-electron chi connectivity index (χ4n) is 1.62. The Balaban J connectivity index is 1.75. The zero-order valence-corrected chi connectivity index (χ0v) is 11.1. The highest BCUT2D eigenvalue weighted by molar-refractivity contribution is 7.80. The zero-order chi connectivity index (χ0) is 13.0. The Bertz CT molecular complexity index is 431. The lowest BCUT2D eigenvalue weighted by atomic mass is 10.1. The standard InChI is InChI=1S/C13H17N3OS/c1-9(10-5-3-2-4-6-10)14-13(18)16-15-12(17)11-7-8-11/h2-6,9,11H,7-8H2,1H3,(H,15,17)(H2,14,16,18)/t9-/m1/s1. The molecule has 18 heavy (non-hydrogen) atoms. The maximum Gasteiger partial charge on any atom is 0.241 e. The van der Waals surface area contributed by atoms with E-state index >= 15 is 0 Å². The third-order valence-electron chi connectivity index (χ3n) is 2.89. The Kier molecular flexibility index (Phi) is 4.15. The molecular weight excluding hydrogens is 246 g/mol. The number of carbonyl (C=O) groups excluding carboxylic acids is 1. The van der Waals surface area contributed by atoms with E-state index in [1.54, 1.807) is 0 Å². The van der Waals surface area contributed by atoms with Crippen LogP contribution in [-0.4, -0.2) is 11.0 Å². The summed E-state index contributed by atoms with van der Waals surface area (Å²) in [6, 6.07) is 10.1. The monoisotopic (exact) mass is 263 g/mol. The van der Waals surface area contributed by atoms with Crippen molar-refractivity contribution in [2.75, 3.05) is 0 Å². The molecule has 1 aliphatic carbocycles. The van der Waals surface area contributed by atoms with E-state index in [4.69, 9.17) is 12.2 Å². The first-order valence-corrected chi connectivity index (χ1v) is 6.49. The molecule has 0 saturated heterocycles. The fourth-order valence-corrected chi connectivity index (χ4v) is 1.85. The van der Waals surface area contributed by atoms with Crippen molar-refractivity contribution >= 4 is 23.2 Å². The quantitative estimate of drug-likeness (QED) is 0.573. The van der Waals surface area contributed by atoms with Gasteiger partial charge in [0.1, 0.15) is 0 Å². The lowest BCUT2D eigenvalue weighted by Crippen LogP contribution is -2.47. The summed E-state index contributed by atoms with van der Waals surface area (Å²) in [5.41, 5.74) is 6.48. The van der Waals surface area contributed by atoms with E-state index in [1.807, 2.05) is 37.3 Å². The van der Waals surface area contributed by atoms with Gasteiger partial charge in [0.25, 0.3) is 0 Å². The van der Waals surface area contributed by atoms with Gasteiger partial charge in [0.15, 0.2) is 5.11 Å². The van der Waals surface area contributed by atoms with Crippen LogP contribution in [-0.2, 0) is 4.79 Å². The van der Waals surface area contributed by atoms with E-state index < -0.39 is 0 Å². The van der Waals surface area contributed by atoms with Crippen LogP contribution < -0.4 is 16.2 Å². The number of hydrazine groups is 1. The molecule has 1 amide bonds. The van der Waals surface area contributed by atoms with Crippen molar-refractivity contribution in [2.24, 2.45) is 5.92 Å². The highest BCUT2D eigenvalue weighted by atomic mass is 32.1. The van der Waals surface area contributed by atoms with Gasteiger partial charge in [0.2, 0.25) is 5.91 Å². The van der Waals surface area contributed by atoms with E-state index in [2.05, 4.69) is 16.2 Å². The fraction of sp³-hybridized carbons (Fsp3) is 0.385. The van der Waals surface area contributed by atoms with Crippen molar-refractivity contribution in [1.29, 1.82) is 0 Å². The summed E-state index contributed by atoms with van der Waals surface area (Å²) < 4.78 is 0. The van der Waals surface area contributed by atoms with Crippen LogP contribution >= 0.6 is 12.2 Å². The van der Waals surface area contributed by atoms with E-state index in [9.17, 15) is 4.79 Å². The summed E-state index contributed by atoms with van der Waals surface area (Å²) in [5, 5.41) is 3.55. The van der Waals surface area contributed by atoms with Gasteiger partial charge in [-0.3, -0.25) is 15.6 Å². The van der Waals surface area contributed by atoms with Crippen LogP contribution in [0, 0.1) is 5.92 Å². The topological polar surface area (TPSA) is 53.2 Å². The van der Waals surface area contributed by atoms with Crippen molar-refractivity contribution in [3.8, 4) is 0 Å².